The zero-order valence-electron chi connectivity index (χ0n) is 25.3. The standard InChI is InChI=1S/C44H32/c1-44(2,3)43-37-16-7-6-15-34(37)41(33-21-18-27-10-4-5-11-30(27)24-33)36-23-22-31(25-39(36)43)38-26-32-14-8-12-28-19-20-29-13-9-17-35(38)42(29)40(28)32/h4-26H,1-3H3. The molecule has 0 N–H and O–H groups in total. The number of rotatable bonds is 2. The number of hydrogen-bond donors (Lipinski definition) is 0. The Morgan fingerprint density at radius 3 is 1.77 bits per heavy atom. The lowest BCUT2D eigenvalue weighted by Crippen LogP contribution is -2.13. The van der Waals surface area contributed by atoms with Crippen LogP contribution in [0.1, 0.15) is 26.3 Å². The Kier molecular flexibility index (Phi) is 5.26. The Bertz CT molecular complexity index is 2570. The van der Waals surface area contributed by atoms with E-state index in [1.54, 1.807) is 0 Å². The largest absolute Gasteiger partial charge is 0.0616 e. The number of hydrogen-bond acceptors (Lipinski definition) is 0. The predicted molar refractivity (Wildman–Crippen MR) is 192 cm³/mol. The molecule has 0 fully saturated rings. The van der Waals surface area contributed by atoms with Crippen LogP contribution in [0.4, 0.5) is 0 Å². The molecule has 0 heterocycles. The quantitative estimate of drug-likeness (QED) is 0.146. The molecule has 9 aromatic rings. The van der Waals surface area contributed by atoms with Gasteiger partial charge in [-0.25, -0.2) is 0 Å². The highest BCUT2D eigenvalue weighted by Crippen LogP contribution is 2.46. The zero-order valence-corrected chi connectivity index (χ0v) is 25.3. The van der Waals surface area contributed by atoms with Crippen molar-refractivity contribution in [2.24, 2.45) is 0 Å². The van der Waals surface area contributed by atoms with Crippen molar-refractivity contribution in [3.63, 3.8) is 0 Å². The van der Waals surface area contributed by atoms with Crippen molar-refractivity contribution in [3.8, 4) is 22.3 Å². The van der Waals surface area contributed by atoms with Crippen molar-refractivity contribution in [2.45, 2.75) is 26.2 Å². The molecule has 0 aromatic heterocycles. The van der Waals surface area contributed by atoms with Gasteiger partial charge in [0.2, 0.25) is 0 Å². The average molecular weight is 561 g/mol. The van der Waals surface area contributed by atoms with Crippen LogP contribution in [0.5, 0.6) is 0 Å². The van der Waals surface area contributed by atoms with Crippen molar-refractivity contribution in [1.82, 2.24) is 0 Å². The first-order valence-corrected chi connectivity index (χ1v) is 15.6. The second-order valence-electron chi connectivity index (χ2n) is 13.3. The SMILES string of the molecule is CC(C)(C)c1c2ccccc2c(-c2ccc3ccccc3c2)c2ccc(-c3cc4cccc5ccc6cccc3c6c54)cc12. The molecular weight excluding hydrogens is 528 g/mol. The summed E-state index contributed by atoms with van der Waals surface area (Å²) in [6.07, 6.45) is 0. The Morgan fingerprint density at radius 1 is 0.364 bits per heavy atom. The van der Waals surface area contributed by atoms with Crippen LogP contribution in [0.2, 0.25) is 0 Å². The van der Waals surface area contributed by atoms with E-state index in [2.05, 4.69) is 160 Å². The van der Waals surface area contributed by atoms with Crippen molar-refractivity contribution >= 4 is 64.6 Å². The average Bonchev–Trinajstić information content (AvgIpc) is 3.05. The molecule has 0 saturated carbocycles. The van der Waals surface area contributed by atoms with E-state index in [1.807, 2.05) is 0 Å². The number of fused-ring (bicyclic) bond motifs is 3. The van der Waals surface area contributed by atoms with Crippen LogP contribution in [0.15, 0.2) is 140 Å². The summed E-state index contributed by atoms with van der Waals surface area (Å²) >= 11 is 0. The maximum Gasteiger partial charge on any atom is -0.00206 e. The molecule has 0 saturated heterocycles. The van der Waals surface area contributed by atoms with Gasteiger partial charge < -0.3 is 0 Å². The lowest BCUT2D eigenvalue weighted by Gasteiger charge is -2.27. The van der Waals surface area contributed by atoms with Crippen LogP contribution < -0.4 is 0 Å². The fourth-order valence-corrected chi connectivity index (χ4v) is 7.81. The van der Waals surface area contributed by atoms with E-state index in [4.69, 9.17) is 0 Å². The van der Waals surface area contributed by atoms with Crippen LogP contribution in [-0.2, 0) is 5.41 Å². The van der Waals surface area contributed by atoms with E-state index in [0.29, 0.717) is 0 Å². The molecule has 0 aliphatic rings. The van der Waals surface area contributed by atoms with Gasteiger partial charge in [-0.05, 0) is 116 Å². The second-order valence-corrected chi connectivity index (χ2v) is 13.3. The van der Waals surface area contributed by atoms with E-state index < -0.39 is 0 Å². The van der Waals surface area contributed by atoms with Gasteiger partial charge in [-0.2, -0.15) is 0 Å². The van der Waals surface area contributed by atoms with Crippen molar-refractivity contribution in [3.05, 3.63) is 145 Å². The summed E-state index contributed by atoms with van der Waals surface area (Å²) in [5.41, 5.74) is 6.51. The van der Waals surface area contributed by atoms with Gasteiger partial charge in [0.05, 0.1) is 0 Å². The predicted octanol–water partition coefficient (Wildman–Crippen LogP) is 12.7. The molecule has 0 unspecified atom stereocenters. The lowest BCUT2D eigenvalue weighted by atomic mass is 9.77. The topological polar surface area (TPSA) is 0 Å². The highest BCUT2D eigenvalue weighted by atomic mass is 14.3. The first kappa shape index (κ1) is 25.3. The first-order valence-electron chi connectivity index (χ1n) is 15.6. The monoisotopic (exact) mass is 560 g/mol. The molecule has 0 atom stereocenters. The molecule has 0 spiro atoms. The smallest absolute Gasteiger partial charge is 0.00206 e. The Labute approximate surface area is 257 Å². The third kappa shape index (κ3) is 3.64. The van der Waals surface area contributed by atoms with Gasteiger partial charge in [-0.3, -0.25) is 0 Å². The minimum atomic E-state index is -0.0441. The molecule has 0 radical (unpaired) electrons. The summed E-state index contributed by atoms with van der Waals surface area (Å²) in [4.78, 5) is 0. The molecule has 0 heteroatoms. The summed E-state index contributed by atoms with van der Waals surface area (Å²) in [7, 11) is 0. The third-order valence-corrected chi connectivity index (χ3v) is 9.63. The Balaban J connectivity index is 1.41. The molecule has 9 rings (SSSR count). The van der Waals surface area contributed by atoms with E-state index in [9.17, 15) is 0 Å². The van der Waals surface area contributed by atoms with Crippen LogP contribution >= 0.6 is 0 Å². The molecule has 9 aromatic carbocycles. The summed E-state index contributed by atoms with van der Waals surface area (Å²) in [6.45, 7) is 7.07. The van der Waals surface area contributed by atoms with Crippen molar-refractivity contribution in [2.75, 3.05) is 0 Å². The molecule has 0 bridgehead atoms. The second kappa shape index (κ2) is 9.15. The molecule has 208 valence electrons. The van der Waals surface area contributed by atoms with Gasteiger partial charge in [0.1, 0.15) is 0 Å². The highest BCUT2D eigenvalue weighted by Gasteiger charge is 2.24. The third-order valence-electron chi connectivity index (χ3n) is 9.63. The highest BCUT2D eigenvalue weighted by molar-refractivity contribution is 6.26. The van der Waals surface area contributed by atoms with Gasteiger partial charge in [0, 0.05) is 0 Å². The molecular formula is C44H32. The van der Waals surface area contributed by atoms with E-state index in [-0.39, 0.29) is 5.41 Å². The number of benzene rings is 9. The molecule has 0 aliphatic heterocycles. The first-order chi connectivity index (χ1) is 21.5. The maximum atomic E-state index is 2.48. The molecule has 44 heavy (non-hydrogen) atoms. The lowest BCUT2D eigenvalue weighted by molar-refractivity contribution is 0.601. The van der Waals surface area contributed by atoms with Gasteiger partial charge in [0.15, 0.2) is 0 Å². The van der Waals surface area contributed by atoms with Gasteiger partial charge in [-0.1, -0.05) is 142 Å². The van der Waals surface area contributed by atoms with E-state index >= 15 is 0 Å². The minimum absolute atomic E-state index is 0.0441. The van der Waals surface area contributed by atoms with E-state index in [1.165, 1.54) is 92.5 Å². The van der Waals surface area contributed by atoms with Crippen LogP contribution in [0, 0.1) is 0 Å². The molecule has 0 aliphatic carbocycles. The van der Waals surface area contributed by atoms with Gasteiger partial charge in [0.25, 0.3) is 0 Å². The normalized spacial score (nSPS) is 12.4. The van der Waals surface area contributed by atoms with Crippen LogP contribution in [0.25, 0.3) is 86.9 Å². The summed E-state index contributed by atoms with van der Waals surface area (Å²) in [6, 6.07) is 52.2. The summed E-state index contributed by atoms with van der Waals surface area (Å²) in [5.74, 6) is 0. The van der Waals surface area contributed by atoms with Crippen LogP contribution in [0.3, 0.4) is 0 Å². The Morgan fingerprint density at radius 2 is 0.955 bits per heavy atom. The fraction of sp³-hybridized carbons (Fsp3) is 0.0909. The van der Waals surface area contributed by atoms with Crippen molar-refractivity contribution < 1.29 is 0 Å². The Hall–Kier alpha value is -5.20. The van der Waals surface area contributed by atoms with Gasteiger partial charge in [-0.15, -0.1) is 0 Å². The molecule has 0 amide bonds. The zero-order chi connectivity index (χ0) is 29.6. The fourth-order valence-electron chi connectivity index (χ4n) is 7.81. The van der Waals surface area contributed by atoms with Crippen LogP contribution in [-0.4, -0.2) is 0 Å². The summed E-state index contributed by atoms with van der Waals surface area (Å²) in [5, 5.41) is 15.8. The minimum Gasteiger partial charge on any atom is -0.0616 e. The maximum absolute atomic E-state index is 2.48. The van der Waals surface area contributed by atoms with Gasteiger partial charge >= 0.3 is 0 Å². The summed E-state index contributed by atoms with van der Waals surface area (Å²) < 4.78 is 0. The molecule has 0 nitrogen and oxygen atoms in total. The van der Waals surface area contributed by atoms with E-state index in [0.717, 1.165) is 0 Å². The van der Waals surface area contributed by atoms with Crippen molar-refractivity contribution in [1.29, 1.82) is 0 Å².